The number of aliphatic hydroxyl groups excluding tert-OH is 1. The van der Waals surface area contributed by atoms with Gasteiger partial charge in [-0.25, -0.2) is 4.98 Å². The number of hydrogen-bond donors (Lipinski definition) is 1. The first-order valence-corrected chi connectivity index (χ1v) is 11.1. The van der Waals surface area contributed by atoms with Crippen molar-refractivity contribution >= 4 is 22.7 Å². The molecule has 1 aromatic carbocycles. The van der Waals surface area contributed by atoms with Crippen LogP contribution in [-0.4, -0.2) is 33.5 Å². The molecule has 3 aromatic rings. The summed E-state index contributed by atoms with van der Waals surface area (Å²) in [6, 6.07) is 7.11. The van der Waals surface area contributed by atoms with E-state index in [1.807, 2.05) is 13.0 Å². The smallest absolute Gasteiger partial charge is 0.309 e. The second-order valence-corrected chi connectivity index (χ2v) is 8.46. The Morgan fingerprint density at radius 3 is 2.85 bits per heavy atom. The van der Waals surface area contributed by atoms with Crippen LogP contribution in [0, 0.1) is 0 Å². The summed E-state index contributed by atoms with van der Waals surface area (Å²) in [7, 11) is 1.57. The monoisotopic (exact) mass is 448 g/mol. The van der Waals surface area contributed by atoms with E-state index in [9.17, 15) is 19.5 Å². The highest BCUT2D eigenvalue weighted by molar-refractivity contribution is 6.10. The Balaban J connectivity index is 1.76. The quantitative estimate of drug-likeness (QED) is 0.369. The van der Waals surface area contributed by atoms with Gasteiger partial charge in [0.2, 0.25) is 0 Å². The van der Waals surface area contributed by atoms with E-state index in [1.54, 1.807) is 29.9 Å². The zero-order valence-electron chi connectivity index (χ0n) is 18.5. The first kappa shape index (κ1) is 21.3. The molecule has 0 radical (unpaired) electrons. The van der Waals surface area contributed by atoms with Crippen LogP contribution in [0.25, 0.3) is 22.3 Å². The second kappa shape index (κ2) is 8.12. The van der Waals surface area contributed by atoms with E-state index in [4.69, 9.17) is 14.5 Å². The lowest BCUT2D eigenvalue weighted by Gasteiger charge is -2.13. The maximum absolute atomic E-state index is 13.4. The number of Topliss-reactive ketones (excluding diaryl/α,β-unsaturated/α-hetero) is 1. The maximum atomic E-state index is 13.4. The van der Waals surface area contributed by atoms with E-state index in [0.717, 1.165) is 12.8 Å². The number of hydrogen-bond acceptors (Lipinski definition) is 7. The highest BCUT2D eigenvalue weighted by Crippen LogP contribution is 2.39. The van der Waals surface area contributed by atoms with Gasteiger partial charge in [-0.1, -0.05) is 13.3 Å². The van der Waals surface area contributed by atoms with E-state index < -0.39 is 12.1 Å². The minimum absolute atomic E-state index is 0.00476. The minimum Gasteiger partial charge on any atom is -0.497 e. The Morgan fingerprint density at radius 1 is 1.27 bits per heavy atom. The summed E-state index contributed by atoms with van der Waals surface area (Å²) in [6.45, 7) is 2.04. The van der Waals surface area contributed by atoms with Crippen LogP contribution in [0.4, 0.5) is 0 Å². The highest BCUT2D eigenvalue weighted by Gasteiger charge is 2.33. The van der Waals surface area contributed by atoms with Gasteiger partial charge in [0, 0.05) is 22.9 Å². The number of nitrogens with zero attached hydrogens (tertiary/aromatic N) is 2. The average molecular weight is 448 g/mol. The van der Waals surface area contributed by atoms with E-state index in [2.05, 4.69) is 0 Å². The number of fused-ring (bicyclic) bond motifs is 5. The van der Waals surface area contributed by atoms with Crippen molar-refractivity contribution in [1.82, 2.24) is 9.55 Å². The van der Waals surface area contributed by atoms with Crippen molar-refractivity contribution < 1.29 is 24.2 Å². The minimum atomic E-state index is -1.13. The molecule has 2 aromatic heterocycles. The first-order chi connectivity index (χ1) is 15.9. The number of cyclic esters (lactones) is 1. The summed E-state index contributed by atoms with van der Waals surface area (Å²) >= 11 is 0. The Kier molecular flexibility index (Phi) is 5.25. The molecule has 170 valence electrons. The number of methoxy groups -OCH3 is 1. The third-order valence-corrected chi connectivity index (χ3v) is 6.42. The molecule has 8 heteroatoms. The van der Waals surface area contributed by atoms with E-state index in [1.165, 1.54) is 0 Å². The van der Waals surface area contributed by atoms with Gasteiger partial charge in [0.25, 0.3) is 5.56 Å². The molecule has 2 aliphatic heterocycles. The maximum Gasteiger partial charge on any atom is 0.309 e. The summed E-state index contributed by atoms with van der Waals surface area (Å²) in [5, 5.41) is 11.2. The average Bonchev–Trinajstić information content (AvgIpc) is 3.10. The van der Waals surface area contributed by atoms with Crippen LogP contribution < -0.4 is 10.3 Å². The molecule has 0 bridgehead atoms. The predicted octanol–water partition coefficient (Wildman–Crippen LogP) is 3.29. The fourth-order valence-corrected chi connectivity index (χ4v) is 4.70. The van der Waals surface area contributed by atoms with Crippen LogP contribution >= 0.6 is 0 Å². The van der Waals surface area contributed by atoms with Gasteiger partial charge >= 0.3 is 5.97 Å². The topological polar surface area (TPSA) is 108 Å². The fourth-order valence-electron chi connectivity index (χ4n) is 4.70. The molecule has 1 unspecified atom stereocenters. The number of ketones is 1. The van der Waals surface area contributed by atoms with Gasteiger partial charge in [0.05, 0.1) is 48.6 Å². The molecule has 1 atom stereocenters. The largest absolute Gasteiger partial charge is 0.497 e. The number of aromatic nitrogens is 2. The Bertz CT molecular complexity index is 1370. The molecule has 0 amide bonds. The zero-order chi connectivity index (χ0) is 23.3. The number of pyridine rings is 2. The lowest BCUT2D eigenvalue weighted by atomic mass is 9.94. The highest BCUT2D eigenvalue weighted by atomic mass is 16.5. The Labute approximate surface area is 189 Å². The molecule has 0 aliphatic carbocycles. The number of rotatable bonds is 5. The lowest BCUT2D eigenvalue weighted by molar-refractivity contribution is -0.146. The SMILES string of the molecule is CCCCC(=O)c1c2c(nc3ccc(OC)cc13)-c1cc3c(c(=O)n1C2)COC(=O)CC3O. The number of carbonyl (C=O) groups excluding carboxylic acids is 2. The standard InChI is InChI=1S/C25H24N2O6/c1-3-4-5-20(28)23-15-8-13(32-2)6-7-18(15)26-24-16(23)11-27-19(24)9-14-17(25(27)31)12-33-22(30)10-21(14)29/h6-9,21,29H,3-5,10-12H2,1-2H3. The molecule has 33 heavy (non-hydrogen) atoms. The van der Waals surface area contributed by atoms with Crippen molar-refractivity contribution in [3.05, 3.63) is 56.9 Å². The molecular formula is C25H24N2O6. The molecule has 5 rings (SSSR count). The number of benzene rings is 1. The van der Waals surface area contributed by atoms with Crippen molar-refractivity contribution in [3.8, 4) is 17.1 Å². The van der Waals surface area contributed by atoms with Crippen LogP contribution in [0.2, 0.25) is 0 Å². The zero-order valence-corrected chi connectivity index (χ0v) is 18.5. The van der Waals surface area contributed by atoms with Gasteiger partial charge in [-0.2, -0.15) is 0 Å². The van der Waals surface area contributed by atoms with Gasteiger partial charge in [0.1, 0.15) is 12.4 Å². The molecular weight excluding hydrogens is 424 g/mol. The summed E-state index contributed by atoms with van der Waals surface area (Å²) in [4.78, 5) is 43.3. The number of aliphatic hydroxyl groups is 1. The van der Waals surface area contributed by atoms with Gasteiger partial charge in [-0.05, 0) is 36.2 Å². The number of carbonyl (C=O) groups is 2. The fraction of sp³-hybridized carbons (Fsp3) is 0.360. The third kappa shape index (κ3) is 3.41. The van der Waals surface area contributed by atoms with Crippen molar-refractivity contribution in [2.45, 2.75) is 51.9 Å². The molecule has 8 nitrogen and oxygen atoms in total. The van der Waals surface area contributed by atoms with Crippen LogP contribution in [-0.2, 0) is 22.7 Å². The normalized spacial score (nSPS) is 16.6. The third-order valence-electron chi connectivity index (χ3n) is 6.42. The number of unbranched alkanes of at least 4 members (excludes halogenated alkanes) is 1. The molecule has 0 spiro atoms. The second-order valence-electron chi connectivity index (χ2n) is 8.46. The van der Waals surface area contributed by atoms with Crippen LogP contribution in [0.5, 0.6) is 5.75 Å². The molecule has 0 fully saturated rings. The van der Waals surface area contributed by atoms with Crippen molar-refractivity contribution in [1.29, 1.82) is 0 Å². The molecule has 0 saturated carbocycles. The van der Waals surface area contributed by atoms with Gasteiger partial charge in [0.15, 0.2) is 5.78 Å². The Morgan fingerprint density at radius 2 is 2.09 bits per heavy atom. The van der Waals surface area contributed by atoms with Crippen molar-refractivity contribution in [2.24, 2.45) is 0 Å². The summed E-state index contributed by atoms with van der Waals surface area (Å²) in [6.07, 6.45) is 0.709. The molecule has 2 aliphatic rings. The summed E-state index contributed by atoms with van der Waals surface area (Å²) in [5.74, 6) is 0.0776. The van der Waals surface area contributed by atoms with E-state index >= 15 is 0 Å². The van der Waals surface area contributed by atoms with Crippen LogP contribution in [0.15, 0.2) is 29.1 Å². The van der Waals surface area contributed by atoms with E-state index in [-0.39, 0.29) is 36.5 Å². The van der Waals surface area contributed by atoms with Crippen LogP contribution in [0.1, 0.15) is 65.8 Å². The van der Waals surface area contributed by atoms with E-state index in [0.29, 0.717) is 51.2 Å². The molecule has 1 N–H and O–H groups in total. The molecule has 0 saturated heterocycles. The predicted molar refractivity (Wildman–Crippen MR) is 120 cm³/mol. The van der Waals surface area contributed by atoms with Gasteiger partial charge < -0.3 is 19.1 Å². The number of esters is 1. The lowest BCUT2D eigenvalue weighted by Crippen LogP contribution is -2.25. The first-order valence-electron chi connectivity index (χ1n) is 11.1. The summed E-state index contributed by atoms with van der Waals surface area (Å²) in [5.41, 5.74) is 3.26. The number of ether oxygens (including phenoxy) is 2. The van der Waals surface area contributed by atoms with Crippen LogP contribution in [0.3, 0.4) is 0 Å². The van der Waals surface area contributed by atoms with Gasteiger partial charge in [-0.15, -0.1) is 0 Å². The summed E-state index contributed by atoms with van der Waals surface area (Å²) < 4.78 is 12.0. The van der Waals surface area contributed by atoms with Gasteiger partial charge in [-0.3, -0.25) is 14.4 Å². The van der Waals surface area contributed by atoms with Crippen molar-refractivity contribution in [3.63, 3.8) is 0 Å². The Hall–Kier alpha value is -3.52. The van der Waals surface area contributed by atoms with Crippen molar-refractivity contribution in [2.75, 3.05) is 7.11 Å². The molecule has 4 heterocycles.